The molecule has 3 aromatic heterocycles. The topological polar surface area (TPSA) is 121 Å². The summed E-state index contributed by atoms with van der Waals surface area (Å²) >= 11 is 0. The summed E-state index contributed by atoms with van der Waals surface area (Å²) in [5.74, 6) is -0.366. The Hall–Kier alpha value is -3.54. The number of fused-ring (bicyclic) bond motifs is 2. The maximum absolute atomic E-state index is 12.9. The third-order valence-electron chi connectivity index (χ3n) is 5.76. The van der Waals surface area contributed by atoms with Crippen molar-refractivity contribution < 1.29 is 9.59 Å². The Labute approximate surface area is 152 Å². The minimum Gasteiger partial charge on any atom is -0.345 e. The van der Waals surface area contributed by atoms with Crippen LogP contribution in [0.4, 0.5) is 0 Å². The Balaban J connectivity index is 1.44. The van der Waals surface area contributed by atoms with Crippen molar-refractivity contribution in [3.05, 3.63) is 29.7 Å². The van der Waals surface area contributed by atoms with Crippen molar-refractivity contribution in [1.82, 2.24) is 29.9 Å². The number of rotatable bonds is 2. The first-order valence-corrected chi connectivity index (χ1v) is 8.80. The van der Waals surface area contributed by atoms with Crippen LogP contribution in [0.25, 0.3) is 22.3 Å². The zero-order chi connectivity index (χ0) is 18.3. The lowest BCUT2D eigenvalue weighted by Gasteiger charge is -2.37. The van der Waals surface area contributed by atoms with Gasteiger partial charge in [-0.15, -0.1) is 5.10 Å². The van der Waals surface area contributed by atoms with Crippen LogP contribution in [-0.2, 0) is 10.3 Å². The van der Waals surface area contributed by atoms with Gasteiger partial charge in [0.05, 0.1) is 17.6 Å². The molecule has 0 radical (unpaired) electrons. The van der Waals surface area contributed by atoms with Crippen LogP contribution < -0.4 is 0 Å². The molecule has 3 aromatic rings. The van der Waals surface area contributed by atoms with Gasteiger partial charge in [-0.1, -0.05) is 0 Å². The Morgan fingerprint density at radius 1 is 1.26 bits per heavy atom. The minimum atomic E-state index is -0.819. The molecule has 1 saturated carbocycles. The highest BCUT2D eigenvalue weighted by Crippen LogP contribution is 2.47. The number of aromatic amines is 1. The summed E-state index contributed by atoms with van der Waals surface area (Å²) in [6, 6.07) is 3.99. The average molecular weight is 359 g/mol. The van der Waals surface area contributed by atoms with E-state index in [2.05, 4.69) is 26.2 Å². The van der Waals surface area contributed by atoms with Gasteiger partial charge in [0.1, 0.15) is 11.3 Å². The normalized spacial score (nSPS) is 19.5. The number of nitrogens with one attached hydrogen (secondary N) is 1. The first-order valence-electron chi connectivity index (χ1n) is 8.80. The summed E-state index contributed by atoms with van der Waals surface area (Å²) in [6.07, 6.45) is 4.59. The number of carbonyl (C=O) groups is 2. The number of carbonyl (C=O) groups excluding carboxylic acids is 2. The van der Waals surface area contributed by atoms with Gasteiger partial charge < -0.3 is 9.88 Å². The van der Waals surface area contributed by atoms with Crippen molar-refractivity contribution in [3.8, 4) is 17.3 Å². The Morgan fingerprint density at radius 2 is 2.04 bits per heavy atom. The van der Waals surface area contributed by atoms with E-state index in [0.717, 1.165) is 10.9 Å². The third-order valence-corrected chi connectivity index (χ3v) is 5.76. The van der Waals surface area contributed by atoms with Crippen LogP contribution in [-0.4, -0.2) is 54.6 Å². The lowest BCUT2D eigenvalue weighted by molar-refractivity contribution is -0.142. The van der Waals surface area contributed by atoms with Crippen LogP contribution in [0.3, 0.4) is 0 Å². The summed E-state index contributed by atoms with van der Waals surface area (Å²) in [7, 11) is 0. The van der Waals surface area contributed by atoms with E-state index in [1.54, 1.807) is 17.3 Å². The molecule has 1 N–H and O–H groups in total. The number of hydrogen-bond acceptors (Lipinski definition) is 6. The van der Waals surface area contributed by atoms with E-state index >= 15 is 0 Å². The van der Waals surface area contributed by atoms with Gasteiger partial charge in [0.2, 0.25) is 5.78 Å². The number of nitriles is 1. The van der Waals surface area contributed by atoms with E-state index in [1.807, 2.05) is 6.07 Å². The van der Waals surface area contributed by atoms with Crippen molar-refractivity contribution in [2.75, 3.05) is 13.1 Å². The van der Waals surface area contributed by atoms with Crippen LogP contribution >= 0.6 is 0 Å². The number of nitrogens with zero attached hydrogens (tertiary/aromatic N) is 6. The van der Waals surface area contributed by atoms with Crippen molar-refractivity contribution in [2.24, 2.45) is 5.92 Å². The van der Waals surface area contributed by atoms with E-state index in [1.165, 1.54) is 4.80 Å². The van der Waals surface area contributed by atoms with Gasteiger partial charge in [0.25, 0.3) is 5.91 Å². The first-order chi connectivity index (χ1) is 13.1. The molecule has 4 heterocycles. The molecule has 1 aliphatic heterocycles. The molecule has 2 fully saturated rings. The van der Waals surface area contributed by atoms with Crippen LogP contribution in [0.2, 0.25) is 0 Å². The summed E-state index contributed by atoms with van der Waals surface area (Å²) in [5.41, 5.74) is 1.92. The van der Waals surface area contributed by atoms with Gasteiger partial charge >= 0.3 is 0 Å². The fourth-order valence-corrected chi connectivity index (χ4v) is 4.03. The first kappa shape index (κ1) is 14.6. The van der Waals surface area contributed by atoms with Gasteiger partial charge in [-0.25, -0.2) is 4.98 Å². The molecule has 0 bridgehead atoms. The van der Waals surface area contributed by atoms with Crippen LogP contribution in [0, 0.1) is 17.2 Å². The SMILES string of the molecule is N#CC1CN(C(=O)C2(n3nc4c(n3)-c3ccnc5[nH]cc(c35)C4=O)CC2)C1. The van der Waals surface area contributed by atoms with Gasteiger partial charge in [0.15, 0.2) is 11.2 Å². The molecule has 132 valence electrons. The molecular formula is C18H13N7O2. The highest BCUT2D eigenvalue weighted by molar-refractivity contribution is 6.23. The third kappa shape index (κ3) is 1.70. The van der Waals surface area contributed by atoms with Crippen molar-refractivity contribution >= 4 is 22.7 Å². The number of ketones is 1. The minimum absolute atomic E-state index is 0.0611. The van der Waals surface area contributed by atoms with E-state index in [4.69, 9.17) is 5.26 Å². The zero-order valence-corrected chi connectivity index (χ0v) is 14.1. The predicted molar refractivity (Wildman–Crippen MR) is 91.4 cm³/mol. The quantitative estimate of drug-likeness (QED) is 0.566. The highest BCUT2D eigenvalue weighted by Gasteiger charge is 2.57. The molecule has 2 aliphatic carbocycles. The molecule has 27 heavy (non-hydrogen) atoms. The number of aromatic nitrogens is 5. The second-order valence-corrected chi connectivity index (χ2v) is 7.37. The zero-order valence-electron chi connectivity index (χ0n) is 14.1. The lowest BCUT2D eigenvalue weighted by atomic mass is 9.94. The largest absolute Gasteiger partial charge is 0.345 e. The number of pyridine rings is 1. The lowest BCUT2D eigenvalue weighted by Crippen LogP contribution is -2.54. The molecule has 0 unspecified atom stereocenters. The molecule has 9 heteroatoms. The summed E-state index contributed by atoms with van der Waals surface area (Å²) in [5, 5.41) is 18.7. The van der Waals surface area contributed by atoms with Crippen LogP contribution in [0.1, 0.15) is 28.9 Å². The maximum Gasteiger partial charge on any atom is 0.252 e. The number of amides is 1. The molecule has 6 rings (SSSR count). The van der Waals surface area contributed by atoms with Crippen molar-refractivity contribution in [3.63, 3.8) is 0 Å². The fourth-order valence-electron chi connectivity index (χ4n) is 4.03. The Morgan fingerprint density at radius 3 is 2.78 bits per heavy atom. The van der Waals surface area contributed by atoms with Gasteiger partial charge in [0, 0.05) is 36.4 Å². The number of likely N-dealkylation sites (tertiary alicyclic amines) is 1. The van der Waals surface area contributed by atoms with Gasteiger partial charge in [-0.05, 0) is 18.9 Å². The predicted octanol–water partition coefficient (Wildman–Crippen LogP) is 0.837. The standard InChI is InChI=1S/C18H13N7O2/c19-5-9-7-24(8-9)17(27)18(2-3-18)25-22-13-10-1-4-20-16-12(10)11(6-21-16)15(26)14(13)23-25/h1,4,6,9H,2-3,7-8H2,(H,20,21). The second-order valence-electron chi connectivity index (χ2n) is 7.37. The molecule has 1 amide bonds. The fraction of sp³-hybridized carbons (Fsp3) is 0.333. The van der Waals surface area contributed by atoms with Crippen molar-refractivity contribution in [2.45, 2.75) is 18.4 Å². The maximum atomic E-state index is 12.9. The van der Waals surface area contributed by atoms with Crippen LogP contribution in [0.15, 0.2) is 18.5 Å². The Bertz CT molecular complexity index is 1200. The number of H-pyrrole nitrogens is 1. The molecule has 0 spiro atoms. The highest BCUT2D eigenvalue weighted by atomic mass is 16.2. The van der Waals surface area contributed by atoms with E-state index in [0.29, 0.717) is 42.8 Å². The molecule has 0 atom stereocenters. The smallest absolute Gasteiger partial charge is 0.252 e. The van der Waals surface area contributed by atoms with E-state index < -0.39 is 5.54 Å². The van der Waals surface area contributed by atoms with Gasteiger partial charge in [-0.3, -0.25) is 9.59 Å². The summed E-state index contributed by atoms with van der Waals surface area (Å²) in [4.78, 5) is 36.2. The molecular weight excluding hydrogens is 346 g/mol. The van der Waals surface area contributed by atoms with E-state index in [-0.39, 0.29) is 23.3 Å². The molecule has 9 nitrogen and oxygen atoms in total. The Kier molecular flexibility index (Phi) is 2.49. The van der Waals surface area contributed by atoms with Gasteiger partial charge in [-0.2, -0.15) is 15.2 Å². The monoisotopic (exact) mass is 359 g/mol. The summed E-state index contributed by atoms with van der Waals surface area (Å²) < 4.78 is 0. The average Bonchev–Trinajstić information content (AvgIpc) is 3.13. The molecule has 1 saturated heterocycles. The van der Waals surface area contributed by atoms with Crippen LogP contribution in [0.5, 0.6) is 0 Å². The van der Waals surface area contributed by atoms with Crippen molar-refractivity contribution in [1.29, 1.82) is 5.26 Å². The molecule has 3 aliphatic rings. The summed E-state index contributed by atoms with van der Waals surface area (Å²) in [6.45, 7) is 0.904. The van der Waals surface area contributed by atoms with E-state index in [9.17, 15) is 9.59 Å². The number of hydrogen-bond donors (Lipinski definition) is 1. The second kappa shape index (κ2) is 4.59. The molecule has 0 aromatic carbocycles.